The number of benzene rings is 1. The highest BCUT2D eigenvalue weighted by atomic mass is 16.2. The van der Waals surface area contributed by atoms with Crippen LogP contribution in [0.2, 0.25) is 0 Å². The Kier molecular flexibility index (Phi) is 4.27. The van der Waals surface area contributed by atoms with E-state index in [9.17, 15) is 4.79 Å². The fourth-order valence-electron chi connectivity index (χ4n) is 3.72. The largest absolute Gasteiger partial charge is 0.352 e. The number of rotatable bonds is 5. The van der Waals surface area contributed by atoms with Crippen LogP contribution in [0.4, 0.5) is 0 Å². The van der Waals surface area contributed by atoms with E-state index in [1.807, 2.05) is 6.07 Å². The van der Waals surface area contributed by atoms with Crippen LogP contribution in [-0.2, 0) is 11.3 Å². The molecule has 2 fully saturated rings. The summed E-state index contributed by atoms with van der Waals surface area (Å²) >= 11 is 0. The topological polar surface area (TPSA) is 50.2 Å². The third-order valence-corrected chi connectivity index (χ3v) is 5.30. The minimum Gasteiger partial charge on any atom is -0.352 e. The molecule has 4 rings (SSSR count). The van der Waals surface area contributed by atoms with E-state index in [-0.39, 0.29) is 5.91 Å². The Bertz CT molecular complexity index is 726. The first kappa shape index (κ1) is 15.6. The Morgan fingerprint density at radius 2 is 1.96 bits per heavy atom. The van der Waals surface area contributed by atoms with Crippen molar-refractivity contribution in [1.82, 2.24) is 19.8 Å². The van der Waals surface area contributed by atoms with Crippen molar-refractivity contribution in [2.45, 2.75) is 45.2 Å². The van der Waals surface area contributed by atoms with Gasteiger partial charge in [-0.3, -0.25) is 9.69 Å². The van der Waals surface area contributed by atoms with Crippen LogP contribution in [-0.4, -0.2) is 46.0 Å². The number of para-hydroxylation sites is 2. The van der Waals surface area contributed by atoms with Crippen LogP contribution in [0.5, 0.6) is 0 Å². The minimum absolute atomic E-state index is 0.201. The van der Waals surface area contributed by atoms with Crippen molar-refractivity contribution >= 4 is 16.9 Å². The molecule has 0 unspecified atom stereocenters. The van der Waals surface area contributed by atoms with Crippen molar-refractivity contribution in [3.63, 3.8) is 0 Å². The van der Waals surface area contributed by atoms with Gasteiger partial charge in [-0.1, -0.05) is 12.1 Å². The van der Waals surface area contributed by atoms with E-state index < -0.39 is 0 Å². The van der Waals surface area contributed by atoms with Gasteiger partial charge in [0.05, 0.1) is 17.6 Å². The van der Waals surface area contributed by atoms with Gasteiger partial charge in [0.15, 0.2) is 0 Å². The molecule has 5 heteroatoms. The molecule has 128 valence electrons. The molecule has 1 aromatic carbocycles. The van der Waals surface area contributed by atoms with Crippen LogP contribution in [0.15, 0.2) is 24.3 Å². The number of piperidine rings is 1. The lowest BCUT2D eigenvalue weighted by Gasteiger charge is -2.31. The second-order valence-corrected chi connectivity index (χ2v) is 7.32. The Balaban J connectivity index is 1.32. The summed E-state index contributed by atoms with van der Waals surface area (Å²) in [6, 6.07) is 8.84. The zero-order valence-electron chi connectivity index (χ0n) is 14.4. The van der Waals surface area contributed by atoms with Crippen molar-refractivity contribution in [3.05, 3.63) is 30.1 Å². The smallest absolute Gasteiger partial charge is 0.234 e. The molecule has 2 heterocycles. The number of nitrogens with one attached hydrogen (secondary N) is 1. The minimum atomic E-state index is 0.201. The molecule has 1 aromatic heterocycles. The molecule has 1 saturated carbocycles. The Hall–Kier alpha value is -1.88. The zero-order valence-corrected chi connectivity index (χ0v) is 14.4. The van der Waals surface area contributed by atoms with Crippen molar-refractivity contribution in [2.75, 3.05) is 19.6 Å². The summed E-state index contributed by atoms with van der Waals surface area (Å²) < 4.78 is 2.36. The number of hydrogen-bond donors (Lipinski definition) is 1. The van der Waals surface area contributed by atoms with Gasteiger partial charge in [0, 0.05) is 12.6 Å². The molecule has 24 heavy (non-hydrogen) atoms. The van der Waals surface area contributed by atoms with E-state index in [0.717, 1.165) is 56.7 Å². The van der Waals surface area contributed by atoms with Gasteiger partial charge in [0.25, 0.3) is 0 Å². The third kappa shape index (κ3) is 3.46. The number of fused-ring (bicyclic) bond motifs is 1. The number of amides is 1. The average Bonchev–Trinajstić information content (AvgIpc) is 3.33. The molecule has 0 spiro atoms. The molecule has 0 atom stereocenters. The summed E-state index contributed by atoms with van der Waals surface area (Å²) in [6.45, 7) is 5.74. The summed E-state index contributed by atoms with van der Waals surface area (Å²) in [6.07, 6.45) is 4.63. The monoisotopic (exact) mass is 326 g/mol. The van der Waals surface area contributed by atoms with Crippen molar-refractivity contribution < 1.29 is 4.79 Å². The number of carbonyl (C=O) groups is 1. The maximum Gasteiger partial charge on any atom is 0.234 e. The Labute approximate surface area is 143 Å². The van der Waals surface area contributed by atoms with Crippen LogP contribution in [0.3, 0.4) is 0 Å². The predicted molar refractivity (Wildman–Crippen MR) is 94.8 cm³/mol. The van der Waals surface area contributed by atoms with Gasteiger partial charge in [-0.15, -0.1) is 0 Å². The van der Waals surface area contributed by atoms with Crippen LogP contribution in [0.25, 0.3) is 11.0 Å². The number of imidazole rings is 1. The maximum absolute atomic E-state index is 11.9. The maximum atomic E-state index is 11.9. The Morgan fingerprint density at radius 3 is 2.71 bits per heavy atom. The summed E-state index contributed by atoms with van der Waals surface area (Å²) in [5.74, 6) is 1.97. The van der Waals surface area contributed by atoms with Gasteiger partial charge >= 0.3 is 0 Å². The van der Waals surface area contributed by atoms with Gasteiger partial charge < -0.3 is 9.88 Å². The lowest BCUT2D eigenvalue weighted by molar-refractivity contribution is -0.122. The predicted octanol–water partition coefficient (Wildman–Crippen LogP) is 2.34. The fraction of sp³-hybridized carbons (Fsp3) is 0.579. The van der Waals surface area contributed by atoms with Gasteiger partial charge in [-0.05, 0) is 63.7 Å². The van der Waals surface area contributed by atoms with E-state index in [1.165, 1.54) is 5.52 Å². The number of aromatic nitrogens is 2. The van der Waals surface area contributed by atoms with Gasteiger partial charge in [0.1, 0.15) is 5.82 Å². The summed E-state index contributed by atoms with van der Waals surface area (Å²) in [5.41, 5.74) is 2.32. The number of aryl methyl sites for hydroxylation is 1. The van der Waals surface area contributed by atoms with Crippen LogP contribution in [0.1, 0.15) is 31.5 Å². The molecular formula is C19H26N4O. The third-order valence-electron chi connectivity index (χ3n) is 5.30. The fourth-order valence-corrected chi connectivity index (χ4v) is 3.72. The van der Waals surface area contributed by atoms with Gasteiger partial charge in [0.2, 0.25) is 5.91 Å². The van der Waals surface area contributed by atoms with E-state index in [0.29, 0.717) is 18.5 Å². The standard InChI is InChI=1S/C19H26N4O/c1-14-20-17-4-2-3-5-18(17)23(14)12-15-8-10-22(11-9-15)13-19(24)21-16-6-7-16/h2-5,15-16H,6-13H2,1H3,(H,21,24). The first-order valence-corrected chi connectivity index (χ1v) is 9.12. The number of likely N-dealkylation sites (tertiary alicyclic amines) is 1. The first-order chi connectivity index (χ1) is 11.7. The lowest BCUT2D eigenvalue weighted by atomic mass is 9.96. The molecule has 2 aliphatic rings. The molecule has 5 nitrogen and oxygen atoms in total. The molecule has 0 radical (unpaired) electrons. The second-order valence-electron chi connectivity index (χ2n) is 7.32. The van der Waals surface area contributed by atoms with Crippen LogP contribution >= 0.6 is 0 Å². The van der Waals surface area contributed by atoms with Crippen molar-refractivity contribution in [1.29, 1.82) is 0 Å². The van der Waals surface area contributed by atoms with E-state index in [2.05, 4.69) is 44.9 Å². The van der Waals surface area contributed by atoms with Gasteiger partial charge in [-0.2, -0.15) is 0 Å². The molecule has 1 aliphatic carbocycles. The molecule has 1 N–H and O–H groups in total. The van der Waals surface area contributed by atoms with E-state index in [1.54, 1.807) is 0 Å². The second kappa shape index (κ2) is 6.55. The van der Waals surface area contributed by atoms with Crippen molar-refractivity contribution in [2.24, 2.45) is 5.92 Å². The number of nitrogens with zero attached hydrogens (tertiary/aromatic N) is 3. The molecule has 1 amide bonds. The molecule has 2 aromatic rings. The Morgan fingerprint density at radius 1 is 1.21 bits per heavy atom. The first-order valence-electron chi connectivity index (χ1n) is 9.12. The summed E-state index contributed by atoms with van der Waals surface area (Å²) in [4.78, 5) is 18.9. The SMILES string of the molecule is Cc1nc2ccccc2n1CC1CCN(CC(=O)NC2CC2)CC1. The lowest BCUT2D eigenvalue weighted by Crippen LogP contribution is -2.42. The molecular weight excluding hydrogens is 300 g/mol. The van der Waals surface area contributed by atoms with E-state index >= 15 is 0 Å². The van der Waals surface area contributed by atoms with E-state index in [4.69, 9.17) is 0 Å². The summed E-state index contributed by atoms with van der Waals surface area (Å²) in [7, 11) is 0. The van der Waals surface area contributed by atoms with Crippen molar-refractivity contribution in [3.8, 4) is 0 Å². The highest BCUT2D eigenvalue weighted by Gasteiger charge is 2.26. The number of carbonyl (C=O) groups excluding carboxylic acids is 1. The normalized spacial score (nSPS) is 19.7. The quantitative estimate of drug-likeness (QED) is 0.917. The highest BCUT2D eigenvalue weighted by molar-refractivity contribution is 5.78. The van der Waals surface area contributed by atoms with Crippen LogP contribution < -0.4 is 5.32 Å². The molecule has 1 saturated heterocycles. The average molecular weight is 326 g/mol. The zero-order chi connectivity index (χ0) is 16.5. The highest BCUT2D eigenvalue weighted by Crippen LogP contribution is 2.23. The molecule has 0 bridgehead atoms. The number of hydrogen-bond acceptors (Lipinski definition) is 3. The molecule has 1 aliphatic heterocycles. The summed E-state index contributed by atoms with van der Waals surface area (Å²) in [5, 5.41) is 3.08. The van der Waals surface area contributed by atoms with Crippen LogP contribution in [0, 0.1) is 12.8 Å². The van der Waals surface area contributed by atoms with Gasteiger partial charge in [-0.25, -0.2) is 4.98 Å².